The Bertz CT molecular complexity index is 465. The minimum absolute atomic E-state index is 0.101. The van der Waals surface area contributed by atoms with Gasteiger partial charge in [-0.15, -0.1) is 0 Å². The molecular weight excluding hydrogens is 304 g/mol. The van der Waals surface area contributed by atoms with E-state index in [2.05, 4.69) is 20.8 Å². The van der Waals surface area contributed by atoms with Crippen molar-refractivity contribution in [2.45, 2.75) is 84.7 Å². The highest BCUT2D eigenvalue weighted by Gasteiger charge is 2.61. The van der Waals surface area contributed by atoms with Crippen LogP contribution >= 0.6 is 0 Å². The Labute approximate surface area is 146 Å². The summed E-state index contributed by atoms with van der Waals surface area (Å²) in [6, 6.07) is 0. The van der Waals surface area contributed by atoms with E-state index in [4.69, 9.17) is 5.11 Å². The predicted octanol–water partition coefficient (Wildman–Crippen LogP) is 3.84. The molecule has 0 bridgehead atoms. The second-order valence-corrected chi connectivity index (χ2v) is 9.24. The summed E-state index contributed by atoms with van der Waals surface area (Å²) in [5, 5.41) is 30.0. The van der Waals surface area contributed by atoms with Crippen LogP contribution in [0.2, 0.25) is 0 Å². The smallest absolute Gasteiger partial charge is 0.303 e. The number of fused-ring (bicyclic) bond motifs is 1. The van der Waals surface area contributed by atoms with Gasteiger partial charge < -0.3 is 15.3 Å². The van der Waals surface area contributed by atoms with E-state index in [9.17, 15) is 15.0 Å². The average molecular weight is 341 g/mol. The highest BCUT2D eigenvalue weighted by atomic mass is 16.4. The number of rotatable bonds is 6. The Kier molecular flexibility index (Phi) is 5.71. The van der Waals surface area contributed by atoms with Crippen molar-refractivity contribution in [3.05, 3.63) is 0 Å². The molecule has 2 saturated carbocycles. The van der Waals surface area contributed by atoms with Gasteiger partial charge in [0.2, 0.25) is 0 Å². The van der Waals surface area contributed by atoms with Gasteiger partial charge in [-0.2, -0.15) is 0 Å². The lowest BCUT2D eigenvalue weighted by molar-refractivity contribution is -0.215. The number of carboxylic acid groups (broad SMARTS) is 1. The second-order valence-electron chi connectivity index (χ2n) is 9.24. The van der Waals surface area contributed by atoms with Crippen molar-refractivity contribution in [3.63, 3.8) is 0 Å². The zero-order chi connectivity index (χ0) is 18.2. The fraction of sp³-hybridized carbons (Fsp3) is 0.950. The average Bonchev–Trinajstić information content (AvgIpc) is 2.51. The first-order chi connectivity index (χ1) is 11.1. The highest BCUT2D eigenvalue weighted by molar-refractivity contribution is 5.66. The zero-order valence-electron chi connectivity index (χ0n) is 15.8. The van der Waals surface area contributed by atoms with Gasteiger partial charge in [0.05, 0.1) is 12.2 Å². The third-order valence-corrected chi connectivity index (χ3v) is 7.89. The van der Waals surface area contributed by atoms with Crippen molar-refractivity contribution < 1.29 is 20.1 Å². The van der Waals surface area contributed by atoms with Gasteiger partial charge >= 0.3 is 5.97 Å². The number of aliphatic hydroxyl groups is 2. The molecule has 4 nitrogen and oxygen atoms in total. The number of hydrogen-bond donors (Lipinski definition) is 3. The second kappa shape index (κ2) is 6.95. The number of carboxylic acids is 1. The minimum Gasteiger partial charge on any atom is -0.481 e. The van der Waals surface area contributed by atoms with E-state index in [1.807, 2.05) is 6.92 Å². The molecule has 2 fully saturated rings. The summed E-state index contributed by atoms with van der Waals surface area (Å²) >= 11 is 0. The van der Waals surface area contributed by atoms with Crippen molar-refractivity contribution in [1.29, 1.82) is 0 Å². The van der Waals surface area contributed by atoms with Crippen molar-refractivity contribution in [3.8, 4) is 0 Å². The normalized spacial score (nSPS) is 43.9. The van der Waals surface area contributed by atoms with Crippen molar-refractivity contribution in [2.24, 2.45) is 28.6 Å². The van der Waals surface area contributed by atoms with E-state index < -0.39 is 11.6 Å². The first-order valence-corrected chi connectivity index (χ1v) is 9.64. The van der Waals surface area contributed by atoms with E-state index in [0.717, 1.165) is 38.5 Å². The minimum atomic E-state index is -0.968. The molecule has 0 aliphatic heterocycles. The van der Waals surface area contributed by atoms with Gasteiger partial charge in [0.25, 0.3) is 0 Å². The third-order valence-electron chi connectivity index (χ3n) is 7.89. The molecule has 6 atom stereocenters. The maximum atomic E-state index is 11.1. The SMILES string of the molecule is C[C@H](CC[C@@]1(C)[C@H](C)CC[C@]2(C)[C@@H]1CCC[C@]2(O)CO)CC(=O)O. The summed E-state index contributed by atoms with van der Waals surface area (Å²) < 4.78 is 0. The van der Waals surface area contributed by atoms with E-state index in [-0.39, 0.29) is 29.8 Å². The van der Waals surface area contributed by atoms with Gasteiger partial charge in [0.1, 0.15) is 0 Å². The Morgan fingerprint density at radius 1 is 1.25 bits per heavy atom. The van der Waals surface area contributed by atoms with Crippen LogP contribution in [0.1, 0.15) is 79.1 Å². The molecule has 0 aromatic rings. The fourth-order valence-corrected chi connectivity index (χ4v) is 5.82. The summed E-state index contributed by atoms with van der Waals surface area (Å²) in [4.78, 5) is 10.9. The van der Waals surface area contributed by atoms with E-state index >= 15 is 0 Å². The van der Waals surface area contributed by atoms with Gasteiger partial charge in [-0.1, -0.05) is 34.1 Å². The third kappa shape index (κ3) is 3.24. The molecule has 0 saturated heterocycles. The summed E-state index contributed by atoms with van der Waals surface area (Å²) in [7, 11) is 0. The summed E-state index contributed by atoms with van der Waals surface area (Å²) in [6.45, 7) is 8.71. The van der Waals surface area contributed by atoms with E-state index in [1.54, 1.807) is 0 Å². The molecule has 0 amide bonds. The van der Waals surface area contributed by atoms with Crippen LogP contribution in [0.25, 0.3) is 0 Å². The lowest BCUT2D eigenvalue weighted by Crippen LogP contribution is -2.62. The zero-order valence-corrected chi connectivity index (χ0v) is 15.8. The molecule has 0 unspecified atom stereocenters. The van der Waals surface area contributed by atoms with E-state index in [0.29, 0.717) is 18.3 Å². The molecule has 2 rings (SSSR count). The molecule has 0 radical (unpaired) electrons. The van der Waals surface area contributed by atoms with Crippen molar-refractivity contribution in [2.75, 3.05) is 6.61 Å². The van der Waals surface area contributed by atoms with E-state index in [1.165, 1.54) is 0 Å². The molecule has 140 valence electrons. The summed E-state index contributed by atoms with van der Waals surface area (Å²) in [6.07, 6.45) is 6.94. The molecular formula is C20H36O4. The van der Waals surface area contributed by atoms with Crippen molar-refractivity contribution >= 4 is 5.97 Å². The highest BCUT2D eigenvalue weighted by Crippen LogP contribution is 2.64. The van der Waals surface area contributed by atoms with Crippen LogP contribution in [0.3, 0.4) is 0 Å². The lowest BCUT2D eigenvalue weighted by atomic mass is 9.43. The molecule has 0 aromatic carbocycles. The molecule has 2 aliphatic carbocycles. The molecule has 4 heteroatoms. The first-order valence-electron chi connectivity index (χ1n) is 9.64. The summed E-state index contributed by atoms with van der Waals surface area (Å²) in [5.41, 5.74) is -1.11. The van der Waals surface area contributed by atoms with Gasteiger partial charge in [0, 0.05) is 11.8 Å². The largest absolute Gasteiger partial charge is 0.481 e. The van der Waals surface area contributed by atoms with Gasteiger partial charge in [-0.25, -0.2) is 0 Å². The number of hydrogen-bond acceptors (Lipinski definition) is 3. The molecule has 0 aromatic heterocycles. The molecule has 0 heterocycles. The Hall–Kier alpha value is -0.610. The number of aliphatic hydroxyl groups excluding tert-OH is 1. The quantitative estimate of drug-likeness (QED) is 0.686. The van der Waals surface area contributed by atoms with Crippen LogP contribution in [0, 0.1) is 28.6 Å². The Balaban J connectivity index is 2.22. The van der Waals surface area contributed by atoms with Gasteiger partial charge in [-0.3, -0.25) is 4.79 Å². The molecule has 2 aliphatic rings. The van der Waals surface area contributed by atoms with Crippen LogP contribution in [-0.2, 0) is 4.79 Å². The van der Waals surface area contributed by atoms with Crippen LogP contribution in [0.4, 0.5) is 0 Å². The van der Waals surface area contributed by atoms with Crippen LogP contribution in [0.15, 0.2) is 0 Å². The standard InChI is InChI=1S/C20H36O4/c1-14(12-17(22)23)7-10-18(3)15(2)8-11-19(4)16(18)6-5-9-20(19,24)13-21/h14-16,21,24H,5-13H2,1-4H3,(H,22,23)/t14-,15-,16-,18+,19-,20+/m1/s1. The lowest BCUT2D eigenvalue weighted by Gasteiger charge is -2.63. The number of carbonyl (C=O) groups is 1. The maximum absolute atomic E-state index is 11.1. The monoisotopic (exact) mass is 340 g/mol. The first kappa shape index (κ1) is 19.7. The van der Waals surface area contributed by atoms with Gasteiger partial charge in [-0.05, 0) is 61.7 Å². The maximum Gasteiger partial charge on any atom is 0.303 e. The molecule has 0 spiro atoms. The predicted molar refractivity (Wildman–Crippen MR) is 94.6 cm³/mol. The molecule has 24 heavy (non-hydrogen) atoms. The Morgan fingerprint density at radius 2 is 1.92 bits per heavy atom. The van der Waals surface area contributed by atoms with Crippen LogP contribution in [-0.4, -0.2) is 33.5 Å². The topological polar surface area (TPSA) is 77.8 Å². The van der Waals surface area contributed by atoms with Gasteiger partial charge in [0.15, 0.2) is 0 Å². The summed E-state index contributed by atoms with van der Waals surface area (Å²) in [5.74, 6) is 0.409. The Morgan fingerprint density at radius 3 is 2.50 bits per heavy atom. The fourth-order valence-electron chi connectivity index (χ4n) is 5.82. The number of aliphatic carboxylic acids is 1. The van der Waals surface area contributed by atoms with Crippen molar-refractivity contribution in [1.82, 2.24) is 0 Å². The molecule has 3 N–H and O–H groups in total. The van der Waals surface area contributed by atoms with Crippen LogP contribution in [0.5, 0.6) is 0 Å². The van der Waals surface area contributed by atoms with Crippen LogP contribution < -0.4 is 0 Å².